The first-order valence-corrected chi connectivity index (χ1v) is 9.46. The third-order valence-corrected chi connectivity index (χ3v) is 4.29. The smallest absolute Gasteiger partial charge is 0.191 e. The summed E-state index contributed by atoms with van der Waals surface area (Å²) in [5, 5.41) is 11.0. The Morgan fingerprint density at radius 1 is 1.30 bits per heavy atom. The van der Waals surface area contributed by atoms with Crippen molar-refractivity contribution in [2.45, 2.75) is 39.8 Å². The molecule has 1 fully saturated rings. The van der Waals surface area contributed by atoms with Gasteiger partial charge >= 0.3 is 0 Å². The van der Waals surface area contributed by atoms with Crippen molar-refractivity contribution in [2.75, 3.05) is 19.7 Å². The van der Waals surface area contributed by atoms with Gasteiger partial charge in [-0.05, 0) is 44.2 Å². The van der Waals surface area contributed by atoms with Gasteiger partial charge < -0.3 is 15.4 Å². The first-order chi connectivity index (χ1) is 12.7. The Labute approximate surface area is 178 Å². The SMILES string of the molecule is CCNC(=NCc1ccccc1OCC1CC1)NCCn1cc(C)cn1.I. The minimum absolute atomic E-state index is 0. The summed E-state index contributed by atoms with van der Waals surface area (Å²) in [6.45, 7) is 7.93. The van der Waals surface area contributed by atoms with Crippen LogP contribution in [0.15, 0.2) is 41.7 Å². The molecule has 0 atom stereocenters. The Hall–Kier alpha value is -1.77. The first kappa shape index (κ1) is 21.5. The molecule has 1 aromatic heterocycles. The van der Waals surface area contributed by atoms with Gasteiger partial charge in [0, 0.05) is 24.8 Å². The number of para-hydroxylation sites is 1. The van der Waals surface area contributed by atoms with Crippen LogP contribution in [0.2, 0.25) is 0 Å². The molecule has 1 aromatic carbocycles. The van der Waals surface area contributed by atoms with Crippen molar-refractivity contribution in [3.8, 4) is 5.75 Å². The van der Waals surface area contributed by atoms with Crippen LogP contribution >= 0.6 is 24.0 Å². The summed E-state index contributed by atoms with van der Waals surface area (Å²) in [4.78, 5) is 4.71. The largest absolute Gasteiger partial charge is 0.493 e. The molecular formula is C20H30IN5O. The molecule has 1 heterocycles. The van der Waals surface area contributed by atoms with E-state index in [0.29, 0.717) is 6.54 Å². The van der Waals surface area contributed by atoms with E-state index >= 15 is 0 Å². The van der Waals surface area contributed by atoms with Crippen molar-refractivity contribution < 1.29 is 4.74 Å². The molecule has 1 aliphatic rings. The number of guanidine groups is 1. The molecule has 2 aromatic rings. The lowest BCUT2D eigenvalue weighted by Crippen LogP contribution is -2.38. The highest BCUT2D eigenvalue weighted by Crippen LogP contribution is 2.30. The van der Waals surface area contributed by atoms with E-state index in [-0.39, 0.29) is 24.0 Å². The Balaban J connectivity index is 0.00000261. The van der Waals surface area contributed by atoms with E-state index in [2.05, 4.69) is 28.7 Å². The van der Waals surface area contributed by atoms with Crippen LogP contribution in [0.5, 0.6) is 5.75 Å². The maximum atomic E-state index is 5.97. The number of aryl methyl sites for hydroxylation is 1. The molecule has 3 rings (SSSR count). The lowest BCUT2D eigenvalue weighted by Gasteiger charge is -2.13. The van der Waals surface area contributed by atoms with Crippen LogP contribution in [0, 0.1) is 12.8 Å². The van der Waals surface area contributed by atoms with Gasteiger partial charge in [-0.25, -0.2) is 4.99 Å². The lowest BCUT2D eigenvalue weighted by molar-refractivity contribution is 0.297. The summed E-state index contributed by atoms with van der Waals surface area (Å²) < 4.78 is 7.91. The number of benzene rings is 1. The standard InChI is InChI=1S/C20H29N5O.HI/c1-3-21-20(22-10-11-25-14-16(2)12-24-25)23-13-18-6-4-5-7-19(18)26-15-17-8-9-17;/h4-7,12,14,17H,3,8-11,13,15H2,1-2H3,(H2,21,22,23);1H. The molecule has 27 heavy (non-hydrogen) atoms. The number of nitrogens with one attached hydrogen (secondary N) is 2. The fourth-order valence-electron chi connectivity index (χ4n) is 2.65. The fourth-order valence-corrected chi connectivity index (χ4v) is 2.65. The van der Waals surface area contributed by atoms with Gasteiger partial charge in [0.15, 0.2) is 5.96 Å². The van der Waals surface area contributed by atoms with E-state index in [1.807, 2.05) is 42.2 Å². The summed E-state index contributed by atoms with van der Waals surface area (Å²) >= 11 is 0. The van der Waals surface area contributed by atoms with Gasteiger partial charge in [-0.1, -0.05) is 18.2 Å². The van der Waals surface area contributed by atoms with Gasteiger partial charge in [-0.15, -0.1) is 24.0 Å². The predicted molar refractivity (Wildman–Crippen MR) is 120 cm³/mol. The maximum Gasteiger partial charge on any atom is 0.191 e. The molecule has 7 heteroatoms. The third-order valence-electron chi connectivity index (χ3n) is 4.29. The van der Waals surface area contributed by atoms with Gasteiger partial charge in [0.2, 0.25) is 0 Å². The quantitative estimate of drug-likeness (QED) is 0.326. The molecule has 0 bridgehead atoms. The number of rotatable bonds is 9. The summed E-state index contributed by atoms with van der Waals surface area (Å²) in [5.74, 6) is 2.51. The van der Waals surface area contributed by atoms with Gasteiger partial charge in [-0.2, -0.15) is 5.10 Å². The zero-order valence-electron chi connectivity index (χ0n) is 16.1. The molecule has 0 unspecified atom stereocenters. The number of hydrogen-bond acceptors (Lipinski definition) is 3. The Morgan fingerprint density at radius 2 is 2.11 bits per heavy atom. The van der Waals surface area contributed by atoms with Gasteiger partial charge in [0.1, 0.15) is 5.75 Å². The molecule has 0 saturated heterocycles. The zero-order valence-corrected chi connectivity index (χ0v) is 18.5. The number of ether oxygens (including phenoxy) is 1. The second-order valence-corrected chi connectivity index (χ2v) is 6.76. The van der Waals surface area contributed by atoms with Crippen molar-refractivity contribution in [3.63, 3.8) is 0 Å². The molecule has 1 aliphatic carbocycles. The van der Waals surface area contributed by atoms with Crippen molar-refractivity contribution in [1.29, 1.82) is 0 Å². The Morgan fingerprint density at radius 3 is 2.81 bits per heavy atom. The lowest BCUT2D eigenvalue weighted by atomic mass is 10.2. The fraction of sp³-hybridized carbons (Fsp3) is 0.500. The second kappa shape index (κ2) is 11.2. The zero-order chi connectivity index (χ0) is 18.2. The molecule has 2 N–H and O–H groups in total. The second-order valence-electron chi connectivity index (χ2n) is 6.76. The summed E-state index contributed by atoms with van der Waals surface area (Å²) in [7, 11) is 0. The monoisotopic (exact) mass is 483 g/mol. The summed E-state index contributed by atoms with van der Waals surface area (Å²) in [6.07, 6.45) is 6.51. The van der Waals surface area contributed by atoms with Gasteiger partial charge in [0.25, 0.3) is 0 Å². The number of hydrogen-bond donors (Lipinski definition) is 2. The van der Waals surface area contributed by atoms with Gasteiger partial charge in [0.05, 0.1) is 25.9 Å². The molecule has 0 amide bonds. The van der Waals surface area contributed by atoms with Crippen LogP contribution in [0.1, 0.15) is 30.9 Å². The Kier molecular flexibility index (Phi) is 8.90. The van der Waals surface area contributed by atoms with Crippen LogP contribution < -0.4 is 15.4 Å². The minimum Gasteiger partial charge on any atom is -0.493 e. The summed E-state index contributed by atoms with van der Waals surface area (Å²) in [5.41, 5.74) is 2.29. The normalized spacial score (nSPS) is 13.8. The van der Waals surface area contributed by atoms with Crippen molar-refractivity contribution in [2.24, 2.45) is 10.9 Å². The molecule has 148 valence electrons. The third kappa shape index (κ3) is 7.40. The highest BCUT2D eigenvalue weighted by Gasteiger charge is 2.22. The molecule has 0 radical (unpaired) electrons. The van der Waals surface area contributed by atoms with Crippen LogP contribution in [-0.4, -0.2) is 35.4 Å². The number of aliphatic imine (C=N–C) groups is 1. The first-order valence-electron chi connectivity index (χ1n) is 9.46. The predicted octanol–water partition coefficient (Wildman–Crippen LogP) is 3.35. The topological polar surface area (TPSA) is 63.5 Å². The number of aromatic nitrogens is 2. The van der Waals surface area contributed by atoms with E-state index in [0.717, 1.165) is 49.4 Å². The van der Waals surface area contributed by atoms with E-state index < -0.39 is 0 Å². The van der Waals surface area contributed by atoms with Crippen molar-refractivity contribution in [3.05, 3.63) is 47.8 Å². The highest BCUT2D eigenvalue weighted by molar-refractivity contribution is 14.0. The van der Waals surface area contributed by atoms with Crippen LogP contribution in [0.3, 0.4) is 0 Å². The number of halogens is 1. The van der Waals surface area contributed by atoms with Gasteiger partial charge in [-0.3, -0.25) is 4.68 Å². The van der Waals surface area contributed by atoms with E-state index in [1.54, 1.807) is 0 Å². The van der Waals surface area contributed by atoms with E-state index in [1.165, 1.54) is 18.4 Å². The van der Waals surface area contributed by atoms with Crippen molar-refractivity contribution in [1.82, 2.24) is 20.4 Å². The van der Waals surface area contributed by atoms with Crippen LogP contribution in [-0.2, 0) is 13.1 Å². The molecule has 1 saturated carbocycles. The van der Waals surface area contributed by atoms with Crippen LogP contribution in [0.25, 0.3) is 0 Å². The van der Waals surface area contributed by atoms with E-state index in [4.69, 9.17) is 9.73 Å². The van der Waals surface area contributed by atoms with Crippen molar-refractivity contribution >= 4 is 29.9 Å². The molecule has 6 nitrogen and oxygen atoms in total. The summed E-state index contributed by atoms with van der Waals surface area (Å²) in [6, 6.07) is 8.18. The highest BCUT2D eigenvalue weighted by atomic mass is 127. The van der Waals surface area contributed by atoms with Crippen LogP contribution in [0.4, 0.5) is 0 Å². The molecule has 0 spiro atoms. The maximum absolute atomic E-state index is 5.97. The minimum atomic E-state index is 0. The Bertz CT molecular complexity index is 727. The van der Waals surface area contributed by atoms with E-state index in [9.17, 15) is 0 Å². The average Bonchev–Trinajstić information content (AvgIpc) is 3.39. The number of nitrogens with zero attached hydrogens (tertiary/aromatic N) is 3. The molecular weight excluding hydrogens is 453 g/mol. The molecule has 0 aliphatic heterocycles. The average molecular weight is 483 g/mol.